The summed E-state index contributed by atoms with van der Waals surface area (Å²) in [7, 11) is 0. The van der Waals surface area contributed by atoms with Gasteiger partial charge in [0.05, 0.1) is 0 Å². The number of carbonyl (C=O) groups is 2. The molecule has 0 aromatic rings. The Balaban J connectivity index is 3.27. The second-order valence-corrected chi connectivity index (χ2v) is 3.16. The Morgan fingerprint density at radius 3 is 2.07 bits per heavy atom. The van der Waals surface area contributed by atoms with Crippen molar-refractivity contribution in [2.45, 2.75) is 39.5 Å². The van der Waals surface area contributed by atoms with Crippen LogP contribution < -0.4 is 10.6 Å². The van der Waals surface area contributed by atoms with Crippen molar-refractivity contribution >= 4 is 11.8 Å². The van der Waals surface area contributed by atoms with Crippen molar-refractivity contribution in [2.24, 2.45) is 0 Å². The van der Waals surface area contributed by atoms with Crippen LogP contribution in [0.15, 0.2) is 0 Å². The van der Waals surface area contributed by atoms with Gasteiger partial charge in [-0.3, -0.25) is 9.59 Å². The van der Waals surface area contributed by atoms with Crippen molar-refractivity contribution in [3.63, 3.8) is 0 Å². The summed E-state index contributed by atoms with van der Waals surface area (Å²) in [6.45, 7) is 4.89. The summed E-state index contributed by atoms with van der Waals surface area (Å²) in [5.41, 5.74) is 0. The summed E-state index contributed by atoms with van der Waals surface area (Å²) in [5, 5.41) is 5.43. The number of hydrogen-bond donors (Lipinski definition) is 2. The second-order valence-electron chi connectivity index (χ2n) is 3.16. The fourth-order valence-electron chi connectivity index (χ4n) is 0.955. The van der Waals surface area contributed by atoms with Crippen LogP contribution in [0.1, 0.15) is 39.5 Å². The summed E-state index contributed by atoms with van der Waals surface area (Å²) in [4.78, 5) is 21.9. The number of hydrogen-bond acceptors (Lipinski definition) is 2. The minimum absolute atomic E-state index is 0.0211. The normalized spacial score (nSPS) is 9.57. The lowest BCUT2D eigenvalue weighted by atomic mass is 10.2. The standard InChI is InChI=1S/C10H20N2O2/c1-3-5-6-10(14)12-8-7-11-9(13)4-2/h3-8H2,1-2H3,(H,11,13)(H,12,14). The van der Waals surface area contributed by atoms with E-state index in [0.29, 0.717) is 25.9 Å². The van der Waals surface area contributed by atoms with Crippen LogP contribution in [0.3, 0.4) is 0 Å². The highest BCUT2D eigenvalue weighted by molar-refractivity contribution is 5.76. The second kappa shape index (κ2) is 8.53. The van der Waals surface area contributed by atoms with Gasteiger partial charge in [-0.05, 0) is 6.42 Å². The van der Waals surface area contributed by atoms with Crippen LogP contribution in [-0.2, 0) is 9.59 Å². The third-order valence-electron chi connectivity index (χ3n) is 1.85. The third kappa shape index (κ3) is 7.58. The highest BCUT2D eigenvalue weighted by Crippen LogP contribution is 1.92. The maximum Gasteiger partial charge on any atom is 0.220 e. The van der Waals surface area contributed by atoms with Crippen molar-refractivity contribution in [3.8, 4) is 0 Å². The Hall–Kier alpha value is -1.06. The van der Waals surface area contributed by atoms with Gasteiger partial charge in [0, 0.05) is 25.9 Å². The van der Waals surface area contributed by atoms with E-state index in [1.165, 1.54) is 0 Å². The van der Waals surface area contributed by atoms with Crippen molar-refractivity contribution in [1.29, 1.82) is 0 Å². The molecule has 2 amide bonds. The molecule has 0 aromatic carbocycles. The molecule has 0 fully saturated rings. The van der Waals surface area contributed by atoms with Gasteiger partial charge >= 0.3 is 0 Å². The van der Waals surface area contributed by atoms with Crippen LogP contribution in [0.25, 0.3) is 0 Å². The van der Waals surface area contributed by atoms with Gasteiger partial charge in [0.25, 0.3) is 0 Å². The number of nitrogens with one attached hydrogen (secondary N) is 2. The lowest BCUT2D eigenvalue weighted by Crippen LogP contribution is -2.34. The molecule has 0 saturated heterocycles. The molecule has 0 spiro atoms. The number of rotatable bonds is 7. The first-order valence-corrected chi connectivity index (χ1v) is 5.24. The van der Waals surface area contributed by atoms with Gasteiger partial charge in [-0.25, -0.2) is 0 Å². The highest BCUT2D eigenvalue weighted by Gasteiger charge is 1.99. The molecule has 0 saturated carbocycles. The zero-order valence-electron chi connectivity index (χ0n) is 9.06. The minimum Gasteiger partial charge on any atom is -0.354 e. The van der Waals surface area contributed by atoms with E-state index >= 15 is 0 Å². The first-order chi connectivity index (χ1) is 6.70. The molecule has 0 aliphatic heterocycles. The van der Waals surface area contributed by atoms with E-state index < -0.39 is 0 Å². The Bertz CT molecular complexity index is 181. The lowest BCUT2D eigenvalue weighted by molar-refractivity contribution is -0.122. The molecular formula is C10H20N2O2. The van der Waals surface area contributed by atoms with E-state index in [9.17, 15) is 9.59 Å². The van der Waals surface area contributed by atoms with Gasteiger partial charge in [0.15, 0.2) is 0 Å². The molecule has 0 radical (unpaired) electrons. The highest BCUT2D eigenvalue weighted by atomic mass is 16.2. The first kappa shape index (κ1) is 12.9. The van der Waals surface area contributed by atoms with E-state index in [0.717, 1.165) is 12.8 Å². The zero-order chi connectivity index (χ0) is 10.8. The summed E-state index contributed by atoms with van der Waals surface area (Å²) in [5.74, 6) is 0.0883. The van der Waals surface area contributed by atoms with Crippen LogP contribution in [0.2, 0.25) is 0 Å². The summed E-state index contributed by atoms with van der Waals surface area (Å²) >= 11 is 0. The molecule has 82 valence electrons. The van der Waals surface area contributed by atoms with Gasteiger partial charge in [-0.1, -0.05) is 20.3 Å². The average Bonchev–Trinajstić information content (AvgIpc) is 2.21. The molecule has 0 bridgehead atoms. The molecule has 0 aliphatic carbocycles. The van der Waals surface area contributed by atoms with Gasteiger partial charge in [-0.15, -0.1) is 0 Å². The Morgan fingerprint density at radius 2 is 1.57 bits per heavy atom. The van der Waals surface area contributed by atoms with Crippen molar-refractivity contribution in [2.75, 3.05) is 13.1 Å². The minimum atomic E-state index is 0.0211. The van der Waals surface area contributed by atoms with Crippen molar-refractivity contribution in [1.82, 2.24) is 10.6 Å². The molecule has 4 nitrogen and oxygen atoms in total. The topological polar surface area (TPSA) is 58.2 Å². The summed E-state index contributed by atoms with van der Waals surface area (Å²) < 4.78 is 0. The predicted molar refractivity (Wildman–Crippen MR) is 55.8 cm³/mol. The lowest BCUT2D eigenvalue weighted by Gasteiger charge is -2.05. The Labute approximate surface area is 85.4 Å². The van der Waals surface area contributed by atoms with Crippen molar-refractivity contribution in [3.05, 3.63) is 0 Å². The van der Waals surface area contributed by atoms with Gasteiger partial charge in [-0.2, -0.15) is 0 Å². The SMILES string of the molecule is CCCCC(=O)NCCNC(=O)CC. The maximum atomic E-state index is 11.1. The maximum absolute atomic E-state index is 11.1. The fraction of sp³-hybridized carbons (Fsp3) is 0.800. The quantitative estimate of drug-likeness (QED) is 0.598. The van der Waals surface area contributed by atoms with Gasteiger partial charge < -0.3 is 10.6 Å². The van der Waals surface area contributed by atoms with Crippen LogP contribution in [0, 0.1) is 0 Å². The zero-order valence-corrected chi connectivity index (χ0v) is 9.06. The molecule has 4 heteroatoms. The monoisotopic (exact) mass is 200 g/mol. The summed E-state index contributed by atoms with van der Waals surface area (Å²) in [6, 6.07) is 0. The molecule has 14 heavy (non-hydrogen) atoms. The molecule has 0 unspecified atom stereocenters. The molecule has 0 atom stereocenters. The predicted octanol–water partition coefficient (Wildman–Crippen LogP) is 0.819. The van der Waals surface area contributed by atoms with Crippen molar-refractivity contribution < 1.29 is 9.59 Å². The average molecular weight is 200 g/mol. The fourth-order valence-corrected chi connectivity index (χ4v) is 0.955. The van der Waals surface area contributed by atoms with Gasteiger partial charge in [0.2, 0.25) is 11.8 Å². The van der Waals surface area contributed by atoms with E-state index in [-0.39, 0.29) is 11.8 Å². The molecular weight excluding hydrogens is 180 g/mol. The molecule has 2 N–H and O–H groups in total. The third-order valence-corrected chi connectivity index (χ3v) is 1.85. The molecule has 0 heterocycles. The van der Waals surface area contributed by atoms with E-state index in [4.69, 9.17) is 0 Å². The molecule has 0 aliphatic rings. The number of unbranched alkanes of at least 4 members (excludes halogenated alkanes) is 1. The van der Waals surface area contributed by atoms with Gasteiger partial charge in [0.1, 0.15) is 0 Å². The number of amides is 2. The van der Waals surface area contributed by atoms with E-state index in [1.54, 1.807) is 6.92 Å². The largest absolute Gasteiger partial charge is 0.354 e. The number of carbonyl (C=O) groups excluding carboxylic acids is 2. The Kier molecular flexibility index (Phi) is 7.89. The summed E-state index contributed by atoms with van der Waals surface area (Å²) in [6.07, 6.45) is 3.02. The van der Waals surface area contributed by atoms with Crippen LogP contribution in [-0.4, -0.2) is 24.9 Å². The van der Waals surface area contributed by atoms with Crippen LogP contribution >= 0.6 is 0 Å². The smallest absolute Gasteiger partial charge is 0.220 e. The van der Waals surface area contributed by atoms with E-state index in [1.807, 2.05) is 0 Å². The molecule has 0 aromatic heterocycles. The van der Waals surface area contributed by atoms with Crippen LogP contribution in [0.5, 0.6) is 0 Å². The molecule has 0 rings (SSSR count). The van der Waals surface area contributed by atoms with E-state index in [2.05, 4.69) is 17.6 Å². The first-order valence-electron chi connectivity index (χ1n) is 5.24. The van der Waals surface area contributed by atoms with Crippen LogP contribution in [0.4, 0.5) is 0 Å². The Morgan fingerprint density at radius 1 is 1.00 bits per heavy atom.